The Morgan fingerprint density at radius 1 is 1.25 bits per heavy atom. The first kappa shape index (κ1) is 22.4. The van der Waals surface area contributed by atoms with Crippen LogP contribution in [-0.4, -0.2) is 72.7 Å². The third kappa shape index (κ3) is 6.33. The molecule has 0 saturated carbocycles. The summed E-state index contributed by atoms with van der Waals surface area (Å²) in [5, 5.41) is 7.43. The molecule has 1 saturated heterocycles. The van der Waals surface area contributed by atoms with E-state index in [2.05, 4.69) is 38.2 Å². The van der Waals surface area contributed by atoms with Crippen molar-refractivity contribution in [2.24, 2.45) is 4.99 Å². The minimum atomic E-state index is 0. The van der Waals surface area contributed by atoms with Crippen molar-refractivity contribution < 1.29 is 4.52 Å². The maximum Gasteiger partial charge on any atom is 0.194 e. The molecular weight excluding hydrogens is 469 g/mol. The second-order valence-electron chi connectivity index (χ2n) is 6.84. The molecule has 2 aromatic rings. The number of anilines is 1. The monoisotopic (exact) mass is 499 g/mol. The van der Waals surface area contributed by atoms with E-state index in [0.717, 1.165) is 62.3 Å². The first-order chi connectivity index (χ1) is 13.2. The Hall–Kier alpha value is -1.88. The van der Waals surface area contributed by atoms with Gasteiger partial charge >= 0.3 is 0 Å². The summed E-state index contributed by atoms with van der Waals surface area (Å²) in [6.07, 6.45) is 3.47. The van der Waals surface area contributed by atoms with E-state index in [1.54, 1.807) is 6.26 Å². The van der Waals surface area contributed by atoms with E-state index in [1.807, 2.05) is 37.3 Å². The number of piperazine rings is 1. The molecule has 0 radical (unpaired) electrons. The Labute approximate surface area is 184 Å². The van der Waals surface area contributed by atoms with Gasteiger partial charge in [-0.3, -0.25) is 4.90 Å². The molecule has 0 atom stereocenters. The minimum Gasteiger partial charge on any atom is -0.364 e. The van der Waals surface area contributed by atoms with Crippen molar-refractivity contribution in [3.8, 4) is 0 Å². The van der Waals surface area contributed by atoms with Gasteiger partial charge in [0.25, 0.3) is 0 Å². The summed E-state index contributed by atoms with van der Waals surface area (Å²) >= 11 is 0. The number of hydrogen-bond donors (Lipinski definition) is 1. The fraction of sp³-hybridized carbons (Fsp3) is 0.526. The zero-order chi connectivity index (χ0) is 19.1. The second-order valence-corrected chi connectivity index (χ2v) is 6.84. The number of pyridine rings is 1. The van der Waals surface area contributed by atoms with Crippen LogP contribution in [-0.2, 0) is 13.1 Å². The van der Waals surface area contributed by atoms with Gasteiger partial charge in [-0.15, -0.1) is 24.0 Å². The van der Waals surface area contributed by atoms with E-state index < -0.39 is 0 Å². The molecule has 8 nitrogen and oxygen atoms in total. The zero-order valence-electron chi connectivity index (χ0n) is 16.8. The van der Waals surface area contributed by atoms with Crippen molar-refractivity contribution in [3.63, 3.8) is 0 Å². The first-order valence-corrected chi connectivity index (χ1v) is 9.43. The molecular formula is C19H30IN7O. The van der Waals surface area contributed by atoms with Crippen LogP contribution in [0, 0.1) is 0 Å². The van der Waals surface area contributed by atoms with E-state index in [9.17, 15) is 0 Å². The lowest BCUT2D eigenvalue weighted by atomic mass is 10.2. The SMILES string of the molecule is CCNC(=NCc1ccnc(N(C)C)c1)N1CCN(Cc2ccon2)CC1.I. The van der Waals surface area contributed by atoms with Crippen LogP contribution in [0.4, 0.5) is 5.82 Å². The van der Waals surface area contributed by atoms with Gasteiger partial charge in [0.2, 0.25) is 0 Å². The maximum absolute atomic E-state index is 4.92. The fourth-order valence-electron chi connectivity index (χ4n) is 3.06. The summed E-state index contributed by atoms with van der Waals surface area (Å²) in [5.74, 6) is 1.93. The van der Waals surface area contributed by atoms with Gasteiger partial charge < -0.3 is 19.6 Å². The highest BCUT2D eigenvalue weighted by Crippen LogP contribution is 2.11. The average molecular weight is 499 g/mol. The van der Waals surface area contributed by atoms with Crippen LogP contribution in [0.2, 0.25) is 0 Å². The molecule has 0 aliphatic carbocycles. The maximum atomic E-state index is 4.92. The van der Waals surface area contributed by atoms with Crippen molar-refractivity contribution in [3.05, 3.63) is 41.9 Å². The summed E-state index contributed by atoms with van der Waals surface area (Å²) in [6.45, 7) is 8.30. The predicted octanol–water partition coefficient (Wildman–Crippen LogP) is 2.04. The molecule has 0 amide bonds. The summed E-state index contributed by atoms with van der Waals surface area (Å²) in [7, 11) is 4.00. The fourth-order valence-corrected chi connectivity index (χ4v) is 3.06. The lowest BCUT2D eigenvalue weighted by Crippen LogP contribution is -2.52. The summed E-state index contributed by atoms with van der Waals surface area (Å²) in [5.41, 5.74) is 2.15. The van der Waals surface area contributed by atoms with Gasteiger partial charge in [0, 0.05) is 65.6 Å². The number of hydrogen-bond acceptors (Lipinski definition) is 6. The van der Waals surface area contributed by atoms with Crippen molar-refractivity contribution in [1.29, 1.82) is 0 Å². The van der Waals surface area contributed by atoms with Crippen LogP contribution in [0.1, 0.15) is 18.2 Å². The predicted molar refractivity (Wildman–Crippen MR) is 122 cm³/mol. The van der Waals surface area contributed by atoms with E-state index in [0.29, 0.717) is 6.54 Å². The van der Waals surface area contributed by atoms with Crippen LogP contribution in [0.25, 0.3) is 0 Å². The molecule has 154 valence electrons. The highest BCUT2D eigenvalue weighted by Gasteiger charge is 2.20. The van der Waals surface area contributed by atoms with Crippen LogP contribution in [0.15, 0.2) is 40.2 Å². The van der Waals surface area contributed by atoms with Crippen molar-refractivity contribution in [2.75, 3.05) is 51.7 Å². The van der Waals surface area contributed by atoms with Crippen molar-refractivity contribution in [1.82, 2.24) is 25.3 Å². The number of rotatable bonds is 6. The lowest BCUT2D eigenvalue weighted by molar-refractivity contribution is 0.169. The van der Waals surface area contributed by atoms with Crippen molar-refractivity contribution >= 4 is 35.8 Å². The summed E-state index contributed by atoms with van der Waals surface area (Å²) in [6, 6.07) is 6.04. The molecule has 3 heterocycles. The Balaban J connectivity index is 0.00000280. The van der Waals surface area contributed by atoms with Gasteiger partial charge in [0.15, 0.2) is 5.96 Å². The molecule has 1 aliphatic rings. The smallest absolute Gasteiger partial charge is 0.194 e. The molecule has 0 aromatic carbocycles. The normalized spacial score (nSPS) is 15.2. The molecule has 3 rings (SSSR count). The Morgan fingerprint density at radius 2 is 2.04 bits per heavy atom. The Bertz CT molecular complexity index is 728. The van der Waals surface area contributed by atoms with Gasteiger partial charge in [0.1, 0.15) is 12.1 Å². The van der Waals surface area contributed by atoms with Gasteiger partial charge in [-0.1, -0.05) is 5.16 Å². The van der Waals surface area contributed by atoms with Crippen LogP contribution >= 0.6 is 24.0 Å². The number of nitrogens with one attached hydrogen (secondary N) is 1. The van der Waals surface area contributed by atoms with Crippen LogP contribution < -0.4 is 10.2 Å². The Kier molecular flexibility index (Phi) is 8.97. The molecule has 2 aromatic heterocycles. The number of aromatic nitrogens is 2. The number of nitrogens with zero attached hydrogens (tertiary/aromatic N) is 6. The van der Waals surface area contributed by atoms with E-state index in [1.165, 1.54) is 0 Å². The molecule has 0 bridgehead atoms. The quantitative estimate of drug-likeness (QED) is 0.371. The highest BCUT2D eigenvalue weighted by atomic mass is 127. The molecule has 1 aliphatic heterocycles. The minimum absolute atomic E-state index is 0. The van der Waals surface area contributed by atoms with Crippen LogP contribution in [0.5, 0.6) is 0 Å². The van der Waals surface area contributed by atoms with Gasteiger partial charge in [0.05, 0.1) is 12.2 Å². The molecule has 1 N–H and O–H groups in total. The molecule has 0 unspecified atom stereocenters. The van der Waals surface area contributed by atoms with Crippen LogP contribution in [0.3, 0.4) is 0 Å². The zero-order valence-corrected chi connectivity index (χ0v) is 19.2. The average Bonchev–Trinajstić information content (AvgIpc) is 3.19. The number of guanidine groups is 1. The third-order valence-electron chi connectivity index (χ3n) is 4.56. The molecule has 1 fully saturated rings. The van der Waals surface area contributed by atoms with E-state index in [-0.39, 0.29) is 24.0 Å². The second kappa shape index (κ2) is 11.2. The summed E-state index contributed by atoms with van der Waals surface area (Å²) in [4.78, 5) is 15.9. The van der Waals surface area contributed by atoms with Crippen molar-refractivity contribution in [2.45, 2.75) is 20.0 Å². The molecule has 9 heteroatoms. The first-order valence-electron chi connectivity index (χ1n) is 9.43. The van der Waals surface area contributed by atoms with Gasteiger partial charge in [-0.25, -0.2) is 9.98 Å². The topological polar surface area (TPSA) is 73.0 Å². The van der Waals surface area contributed by atoms with Gasteiger partial charge in [-0.05, 0) is 24.6 Å². The highest BCUT2D eigenvalue weighted by molar-refractivity contribution is 14.0. The molecule has 0 spiro atoms. The lowest BCUT2D eigenvalue weighted by Gasteiger charge is -2.36. The summed E-state index contributed by atoms with van der Waals surface area (Å²) < 4.78 is 4.92. The number of aliphatic imine (C=N–C) groups is 1. The third-order valence-corrected chi connectivity index (χ3v) is 4.56. The van der Waals surface area contributed by atoms with E-state index >= 15 is 0 Å². The Morgan fingerprint density at radius 3 is 2.68 bits per heavy atom. The largest absolute Gasteiger partial charge is 0.364 e. The van der Waals surface area contributed by atoms with E-state index in [4.69, 9.17) is 9.52 Å². The standard InChI is InChI=1S/C19H29N7O.HI/c1-4-20-19(22-14-16-5-7-21-18(13-16)24(2)3)26-10-8-25(9-11-26)15-17-6-12-27-23-17;/h5-7,12-13H,4,8-11,14-15H2,1-3H3,(H,20,22);1H. The molecule has 28 heavy (non-hydrogen) atoms. The number of halogens is 1. The van der Waals surface area contributed by atoms with Gasteiger partial charge in [-0.2, -0.15) is 0 Å².